The molecule has 0 aromatic heterocycles. The van der Waals surface area contributed by atoms with E-state index in [0.29, 0.717) is 27.4 Å². The van der Waals surface area contributed by atoms with E-state index in [-0.39, 0.29) is 0 Å². The second-order valence-electron chi connectivity index (χ2n) is 6.66. The van der Waals surface area contributed by atoms with Crippen molar-refractivity contribution >= 4 is 46.7 Å². The van der Waals surface area contributed by atoms with Gasteiger partial charge < -0.3 is 4.74 Å². The maximum Gasteiger partial charge on any atom is 0.137 e. The van der Waals surface area contributed by atoms with Crippen LogP contribution in [0.3, 0.4) is 0 Å². The van der Waals surface area contributed by atoms with E-state index >= 15 is 0 Å². The summed E-state index contributed by atoms with van der Waals surface area (Å²) < 4.78 is 5.80. The van der Waals surface area contributed by atoms with Crippen LogP contribution >= 0.6 is 34.8 Å². The van der Waals surface area contributed by atoms with Crippen LogP contribution in [0.1, 0.15) is 57.4 Å². The number of hydrogen-bond donors (Lipinski definition) is 1. The third kappa shape index (κ3) is 8.30. The first-order chi connectivity index (χ1) is 13.6. The van der Waals surface area contributed by atoms with E-state index in [1.807, 2.05) is 18.2 Å². The molecular formula is C22H27Cl3N2O. The Morgan fingerprint density at radius 2 is 1.61 bits per heavy atom. The summed E-state index contributed by atoms with van der Waals surface area (Å²) in [5.41, 5.74) is 4.55. The zero-order valence-corrected chi connectivity index (χ0v) is 18.5. The van der Waals surface area contributed by atoms with E-state index < -0.39 is 0 Å². The van der Waals surface area contributed by atoms with Gasteiger partial charge in [0.1, 0.15) is 5.75 Å². The number of hydrogen-bond acceptors (Lipinski definition) is 3. The van der Waals surface area contributed by atoms with Crippen molar-refractivity contribution < 1.29 is 4.74 Å². The first kappa shape index (κ1) is 22.9. The number of rotatable bonds is 12. The average Bonchev–Trinajstić information content (AvgIpc) is 2.68. The molecule has 0 saturated carbocycles. The molecule has 28 heavy (non-hydrogen) atoms. The minimum absolute atomic E-state index is 0.479. The van der Waals surface area contributed by atoms with E-state index in [0.717, 1.165) is 17.7 Å². The molecule has 0 atom stereocenters. The van der Waals surface area contributed by atoms with E-state index in [1.54, 1.807) is 24.4 Å². The van der Waals surface area contributed by atoms with Crippen molar-refractivity contribution in [2.75, 3.05) is 12.0 Å². The Morgan fingerprint density at radius 1 is 0.857 bits per heavy atom. The highest BCUT2D eigenvalue weighted by Crippen LogP contribution is 2.26. The average molecular weight is 442 g/mol. The quantitative estimate of drug-likeness (QED) is 0.204. The van der Waals surface area contributed by atoms with Gasteiger partial charge in [-0.05, 0) is 48.4 Å². The molecular weight excluding hydrogens is 415 g/mol. The predicted molar refractivity (Wildman–Crippen MR) is 123 cm³/mol. The zero-order valence-electron chi connectivity index (χ0n) is 16.2. The summed E-state index contributed by atoms with van der Waals surface area (Å²) >= 11 is 18.2. The summed E-state index contributed by atoms with van der Waals surface area (Å²) in [7, 11) is 0. The normalized spacial score (nSPS) is 11.1. The maximum absolute atomic E-state index is 6.32. The van der Waals surface area contributed by atoms with Gasteiger partial charge in [0.05, 0.1) is 33.6 Å². The van der Waals surface area contributed by atoms with Crippen molar-refractivity contribution in [2.45, 2.75) is 51.9 Å². The molecule has 2 aromatic carbocycles. The van der Waals surface area contributed by atoms with Crippen LogP contribution < -0.4 is 10.2 Å². The molecule has 6 heteroatoms. The van der Waals surface area contributed by atoms with Crippen LogP contribution in [0.15, 0.2) is 41.5 Å². The predicted octanol–water partition coefficient (Wildman–Crippen LogP) is 8.22. The van der Waals surface area contributed by atoms with Crippen LogP contribution in [0.5, 0.6) is 5.75 Å². The fourth-order valence-electron chi connectivity index (χ4n) is 2.70. The van der Waals surface area contributed by atoms with Gasteiger partial charge in [-0.3, -0.25) is 5.43 Å². The zero-order chi connectivity index (χ0) is 20.2. The van der Waals surface area contributed by atoms with E-state index in [4.69, 9.17) is 39.5 Å². The fraction of sp³-hybridized carbons (Fsp3) is 0.409. The van der Waals surface area contributed by atoms with Gasteiger partial charge in [-0.15, -0.1) is 0 Å². The molecule has 0 radical (unpaired) electrons. The third-order valence-electron chi connectivity index (χ3n) is 4.29. The lowest BCUT2D eigenvalue weighted by Crippen LogP contribution is -1.98. The van der Waals surface area contributed by atoms with Gasteiger partial charge >= 0.3 is 0 Å². The van der Waals surface area contributed by atoms with Crippen molar-refractivity contribution in [2.24, 2.45) is 5.10 Å². The standard InChI is InChI=1S/C22H27Cl3N2O/c1-2-3-4-5-6-7-8-13-28-22-12-9-17(14-21(22)25)16-26-27-18-10-11-19(23)20(24)15-18/h9-12,14-16,27H,2-8,13H2,1H3. The first-order valence-corrected chi connectivity index (χ1v) is 10.9. The molecule has 0 aliphatic heterocycles. The van der Waals surface area contributed by atoms with Gasteiger partial charge in [-0.1, -0.05) is 80.3 Å². The van der Waals surface area contributed by atoms with Gasteiger partial charge in [0.2, 0.25) is 0 Å². The number of anilines is 1. The van der Waals surface area contributed by atoms with Crippen molar-refractivity contribution in [1.82, 2.24) is 0 Å². The molecule has 3 nitrogen and oxygen atoms in total. The van der Waals surface area contributed by atoms with Crippen LogP contribution in [0.4, 0.5) is 5.69 Å². The topological polar surface area (TPSA) is 33.6 Å². The molecule has 0 amide bonds. The summed E-state index contributed by atoms with van der Waals surface area (Å²) in [5.74, 6) is 0.710. The number of ether oxygens (including phenoxy) is 1. The maximum atomic E-state index is 6.32. The van der Waals surface area contributed by atoms with Crippen molar-refractivity contribution in [3.05, 3.63) is 57.0 Å². The highest BCUT2D eigenvalue weighted by Gasteiger charge is 2.03. The lowest BCUT2D eigenvalue weighted by molar-refractivity contribution is 0.304. The lowest BCUT2D eigenvalue weighted by atomic mass is 10.1. The van der Waals surface area contributed by atoms with E-state index in [2.05, 4.69) is 17.5 Å². The highest BCUT2D eigenvalue weighted by atomic mass is 35.5. The van der Waals surface area contributed by atoms with Crippen molar-refractivity contribution in [1.29, 1.82) is 0 Å². The van der Waals surface area contributed by atoms with Crippen LogP contribution in [-0.4, -0.2) is 12.8 Å². The molecule has 0 heterocycles. The summed E-state index contributed by atoms with van der Waals surface area (Å²) in [6.45, 7) is 2.93. The van der Waals surface area contributed by atoms with Crippen LogP contribution in [-0.2, 0) is 0 Å². The van der Waals surface area contributed by atoms with Gasteiger partial charge in [-0.25, -0.2) is 0 Å². The Hall–Kier alpha value is -1.42. The molecule has 0 saturated heterocycles. The summed E-state index contributed by atoms with van der Waals surface area (Å²) in [6.07, 6.45) is 10.5. The Morgan fingerprint density at radius 3 is 2.32 bits per heavy atom. The lowest BCUT2D eigenvalue weighted by Gasteiger charge is -2.08. The molecule has 152 valence electrons. The molecule has 2 rings (SSSR count). The SMILES string of the molecule is CCCCCCCCCOc1ccc(C=NNc2ccc(Cl)c(Cl)c2)cc1Cl. The molecule has 0 spiro atoms. The minimum Gasteiger partial charge on any atom is -0.492 e. The van der Waals surface area contributed by atoms with Crippen LogP contribution in [0, 0.1) is 0 Å². The number of nitrogens with one attached hydrogen (secondary N) is 1. The molecule has 0 bridgehead atoms. The number of nitrogens with zero attached hydrogens (tertiary/aromatic N) is 1. The molecule has 2 aromatic rings. The summed E-state index contributed by atoms with van der Waals surface area (Å²) in [5, 5.41) is 5.77. The Bertz CT molecular complexity index is 765. The highest BCUT2D eigenvalue weighted by molar-refractivity contribution is 6.42. The van der Waals surface area contributed by atoms with E-state index in [9.17, 15) is 0 Å². The second-order valence-corrected chi connectivity index (χ2v) is 7.88. The van der Waals surface area contributed by atoms with Crippen molar-refractivity contribution in [3.8, 4) is 5.75 Å². The minimum atomic E-state index is 0.479. The number of hydrazone groups is 1. The summed E-state index contributed by atoms with van der Waals surface area (Å²) in [4.78, 5) is 0. The van der Waals surface area contributed by atoms with Gasteiger partial charge in [0.25, 0.3) is 0 Å². The van der Waals surface area contributed by atoms with Gasteiger partial charge in [-0.2, -0.15) is 5.10 Å². The van der Waals surface area contributed by atoms with Crippen LogP contribution in [0.2, 0.25) is 15.1 Å². The van der Waals surface area contributed by atoms with E-state index in [1.165, 1.54) is 38.5 Å². The number of benzene rings is 2. The van der Waals surface area contributed by atoms with Crippen molar-refractivity contribution in [3.63, 3.8) is 0 Å². The second kappa shape index (κ2) is 12.9. The number of halogens is 3. The molecule has 0 aliphatic carbocycles. The molecule has 1 N–H and O–H groups in total. The Labute approximate surface area is 183 Å². The molecule has 0 fully saturated rings. The fourth-order valence-corrected chi connectivity index (χ4v) is 3.24. The van der Waals surface area contributed by atoms with Gasteiger partial charge in [0, 0.05) is 0 Å². The Balaban J connectivity index is 1.74. The monoisotopic (exact) mass is 440 g/mol. The van der Waals surface area contributed by atoms with Crippen LogP contribution in [0.25, 0.3) is 0 Å². The largest absolute Gasteiger partial charge is 0.492 e. The summed E-state index contributed by atoms with van der Waals surface area (Å²) in [6, 6.07) is 10.9. The number of unbranched alkanes of at least 4 members (excludes halogenated alkanes) is 6. The Kier molecular flexibility index (Phi) is 10.6. The smallest absolute Gasteiger partial charge is 0.137 e. The first-order valence-electron chi connectivity index (χ1n) is 9.76. The third-order valence-corrected chi connectivity index (χ3v) is 5.32. The van der Waals surface area contributed by atoms with Gasteiger partial charge in [0.15, 0.2) is 0 Å². The molecule has 0 aliphatic rings. The molecule has 0 unspecified atom stereocenters.